The summed E-state index contributed by atoms with van der Waals surface area (Å²) in [6.07, 6.45) is 0. The van der Waals surface area contributed by atoms with Gasteiger partial charge in [-0.1, -0.05) is 41.9 Å². The molecule has 1 amide bonds. The van der Waals surface area contributed by atoms with E-state index in [9.17, 15) is 9.59 Å². The van der Waals surface area contributed by atoms with E-state index in [1.54, 1.807) is 25.3 Å². The van der Waals surface area contributed by atoms with Gasteiger partial charge in [-0.25, -0.2) is 9.78 Å². The van der Waals surface area contributed by atoms with Crippen LogP contribution in [0.3, 0.4) is 0 Å². The molecule has 8 heteroatoms. The molecule has 0 spiro atoms. The molecule has 0 aliphatic rings. The molecule has 0 saturated heterocycles. The number of aromatic nitrogens is 1. The molecule has 0 aliphatic carbocycles. The lowest BCUT2D eigenvalue weighted by atomic mass is 10.1. The summed E-state index contributed by atoms with van der Waals surface area (Å²) >= 11 is 7.52. The van der Waals surface area contributed by atoms with Crippen LogP contribution in [0, 0.1) is 0 Å². The zero-order valence-corrected chi connectivity index (χ0v) is 18.0. The summed E-state index contributed by atoms with van der Waals surface area (Å²) in [6, 6.07) is 16.5. The Hall–Kier alpha value is -2.61. The second kappa shape index (κ2) is 11.0. The highest BCUT2D eigenvalue weighted by atomic mass is 35.5. The number of rotatable bonds is 9. The van der Waals surface area contributed by atoms with Gasteiger partial charge in [0, 0.05) is 29.5 Å². The molecule has 0 radical (unpaired) electrons. The van der Waals surface area contributed by atoms with Crippen LogP contribution in [0.25, 0.3) is 10.9 Å². The highest BCUT2D eigenvalue weighted by Gasteiger charge is 2.15. The maximum atomic E-state index is 12.7. The van der Waals surface area contributed by atoms with Crippen molar-refractivity contribution in [1.29, 1.82) is 0 Å². The molecule has 0 unspecified atom stereocenters. The minimum Gasteiger partial charge on any atom is -0.457 e. The SMILES string of the molecule is COCCNC(=O)CSc1ccccc1C(=O)OCc1cc2ccccc2nc1Cl. The highest BCUT2D eigenvalue weighted by Crippen LogP contribution is 2.25. The number of hydrogen-bond acceptors (Lipinski definition) is 6. The molecule has 1 N–H and O–H groups in total. The molecule has 30 heavy (non-hydrogen) atoms. The molecular weight excluding hydrogens is 424 g/mol. The van der Waals surface area contributed by atoms with E-state index >= 15 is 0 Å². The fourth-order valence-electron chi connectivity index (χ4n) is 2.71. The van der Waals surface area contributed by atoms with Crippen molar-refractivity contribution in [2.45, 2.75) is 11.5 Å². The Morgan fingerprint density at radius 2 is 1.90 bits per heavy atom. The number of pyridine rings is 1. The van der Waals surface area contributed by atoms with Gasteiger partial charge in [0.25, 0.3) is 0 Å². The van der Waals surface area contributed by atoms with Crippen LogP contribution in [-0.4, -0.2) is 42.9 Å². The monoisotopic (exact) mass is 444 g/mol. The molecule has 0 saturated carbocycles. The molecule has 0 atom stereocenters. The molecule has 156 valence electrons. The quantitative estimate of drug-likeness (QED) is 0.232. The van der Waals surface area contributed by atoms with Crippen LogP contribution in [0.15, 0.2) is 59.5 Å². The van der Waals surface area contributed by atoms with E-state index in [-0.39, 0.29) is 18.3 Å². The van der Waals surface area contributed by atoms with Crippen molar-refractivity contribution in [2.24, 2.45) is 0 Å². The Labute approximate surface area is 183 Å². The number of thioether (sulfide) groups is 1. The van der Waals surface area contributed by atoms with Crippen LogP contribution in [0.5, 0.6) is 0 Å². The molecule has 6 nitrogen and oxygen atoms in total. The van der Waals surface area contributed by atoms with Crippen molar-refractivity contribution in [2.75, 3.05) is 26.0 Å². The molecule has 2 aromatic carbocycles. The highest BCUT2D eigenvalue weighted by molar-refractivity contribution is 8.00. The fraction of sp³-hybridized carbons (Fsp3) is 0.227. The zero-order chi connectivity index (χ0) is 21.3. The first-order chi connectivity index (χ1) is 14.6. The van der Waals surface area contributed by atoms with Crippen LogP contribution < -0.4 is 5.32 Å². The topological polar surface area (TPSA) is 77.5 Å². The van der Waals surface area contributed by atoms with Crippen LogP contribution in [0.2, 0.25) is 5.15 Å². The van der Waals surface area contributed by atoms with Gasteiger partial charge in [0.05, 0.1) is 23.4 Å². The number of nitrogens with one attached hydrogen (secondary N) is 1. The standard InChI is InChI=1S/C22H21ClN2O4S/c1-28-11-10-24-20(26)14-30-19-9-5-3-7-17(19)22(27)29-13-16-12-15-6-2-4-8-18(15)25-21(16)23/h2-9,12H,10-11,13-14H2,1H3,(H,24,26). The fourth-order valence-corrected chi connectivity index (χ4v) is 3.78. The molecule has 3 aromatic rings. The Balaban J connectivity index is 1.63. The van der Waals surface area contributed by atoms with Crippen LogP contribution in [0.4, 0.5) is 0 Å². The van der Waals surface area contributed by atoms with E-state index in [0.717, 1.165) is 10.9 Å². The molecule has 0 bridgehead atoms. The lowest BCUT2D eigenvalue weighted by molar-refractivity contribution is -0.118. The van der Waals surface area contributed by atoms with E-state index in [1.165, 1.54) is 11.8 Å². The Kier molecular flexibility index (Phi) is 8.07. The van der Waals surface area contributed by atoms with Gasteiger partial charge in [-0.05, 0) is 24.3 Å². The maximum absolute atomic E-state index is 12.7. The number of halogens is 1. The summed E-state index contributed by atoms with van der Waals surface area (Å²) in [4.78, 5) is 29.6. The lowest BCUT2D eigenvalue weighted by Gasteiger charge is -2.11. The number of carbonyl (C=O) groups excluding carboxylic acids is 2. The van der Waals surface area contributed by atoms with Gasteiger partial charge in [0.1, 0.15) is 11.8 Å². The van der Waals surface area contributed by atoms with Crippen molar-refractivity contribution in [3.05, 3.63) is 70.9 Å². The smallest absolute Gasteiger partial charge is 0.339 e. The molecule has 1 heterocycles. The van der Waals surface area contributed by atoms with E-state index in [1.807, 2.05) is 36.4 Å². The number of fused-ring (bicyclic) bond motifs is 1. The second-order valence-corrected chi connectivity index (χ2v) is 7.71. The summed E-state index contributed by atoms with van der Waals surface area (Å²) in [6.45, 7) is 0.900. The predicted molar refractivity (Wildman–Crippen MR) is 118 cm³/mol. The number of amides is 1. The summed E-state index contributed by atoms with van der Waals surface area (Å²) in [5.74, 6) is -0.426. The first kappa shape index (κ1) is 22.1. The van der Waals surface area contributed by atoms with Gasteiger partial charge < -0.3 is 14.8 Å². The molecule has 0 fully saturated rings. The van der Waals surface area contributed by atoms with Crippen molar-refractivity contribution in [3.8, 4) is 0 Å². The largest absolute Gasteiger partial charge is 0.457 e. The Morgan fingerprint density at radius 1 is 1.13 bits per heavy atom. The van der Waals surface area contributed by atoms with Crippen molar-refractivity contribution >= 4 is 46.1 Å². The van der Waals surface area contributed by atoms with E-state index in [2.05, 4.69) is 10.3 Å². The number of benzene rings is 2. The van der Waals surface area contributed by atoms with Crippen LogP contribution >= 0.6 is 23.4 Å². The normalized spacial score (nSPS) is 10.7. The van der Waals surface area contributed by atoms with Crippen molar-refractivity contribution in [3.63, 3.8) is 0 Å². The minimum atomic E-state index is -0.484. The van der Waals surface area contributed by atoms with Gasteiger partial charge in [-0.2, -0.15) is 0 Å². The minimum absolute atomic E-state index is 0.00596. The van der Waals surface area contributed by atoms with E-state index < -0.39 is 5.97 Å². The van der Waals surface area contributed by atoms with Gasteiger partial charge >= 0.3 is 5.97 Å². The maximum Gasteiger partial charge on any atom is 0.339 e. The van der Waals surface area contributed by atoms with Gasteiger partial charge in [0.2, 0.25) is 5.91 Å². The third kappa shape index (κ3) is 5.95. The van der Waals surface area contributed by atoms with Gasteiger partial charge in [-0.15, -0.1) is 11.8 Å². The van der Waals surface area contributed by atoms with Crippen molar-refractivity contribution in [1.82, 2.24) is 10.3 Å². The number of ether oxygens (including phenoxy) is 2. The Morgan fingerprint density at radius 3 is 2.73 bits per heavy atom. The lowest BCUT2D eigenvalue weighted by Crippen LogP contribution is -2.28. The number of nitrogens with zero attached hydrogens (tertiary/aromatic N) is 1. The first-order valence-corrected chi connectivity index (χ1v) is 10.6. The summed E-state index contributed by atoms with van der Waals surface area (Å²) < 4.78 is 10.4. The van der Waals surface area contributed by atoms with Gasteiger partial charge in [-0.3, -0.25) is 4.79 Å². The number of hydrogen-bond donors (Lipinski definition) is 1. The number of methoxy groups -OCH3 is 1. The zero-order valence-electron chi connectivity index (χ0n) is 16.4. The van der Waals surface area contributed by atoms with E-state index in [0.29, 0.717) is 34.3 Å². The van der Waals surface area contributed by atoms with Gasteiger partial charge in [0.15, 0.2) is 0 Å². The number of para-hydroxylation sites is 1. The average Bonchev–Trinajstić information content (AvgIpc) is 2.76. The number of carbonyl (C=O) groups is 2. The van der Waals surface area contributed by atoms with Crippen LogP contribution in [-0.2, 0) is 20.9 Å². The molecular formula is C22H21ClN2O4S. The third-order valence-electron chi connectivity index (χ3n) is 4.20. The predicted octanol–water partition coefficient (Wildman–Crippen LogP) is 4.10. The summed E-state index contributed by atoms with van der Waals surface area (Å²) in [5, 5.41) is 3.97. The first-order valence-electron chi connectivity index (χ1n) is 9.27. The summed E-state index contributed by atoms with van der Waals surface area (Å²) in [7, 11) is 1.57. The summed E-state index contributed by atoms with van der Waals surface area (Å²) in [5.41, 5.74) is 1.81. The second-order valence-electron chi connectivity index (χ2n) is 6.33. The average molecular weight is 445 g/mol. The Bertz CT molecular complexity index is 1040. The molecule has 1 aromatic heterocycles. The molecule has 0 aliphatic heterocycles. The van der Waals surface area contributed by atoms with E-state index in [4.69, 9.17) is 21.1 Å². The van der Waals surface area contributed by atoms with Crippen LogP contribution in [0.1, 0.15) is 15.9 Å². The number of esters is 1. The third-order valence-corrected chi connectivity index (χ3v) is 5.60. The van der Waals surface area contributed by atoms with Crippen molar-refractivity contribution < 1.29 is 19.1 Å². The molecule has 3 rings (SSSR count).